The lowest BCUT2D eigenvalue weighted by Gasteiger charge is -2.21. The van der Waals surface area contributed by atoms with Crippen LogP contribution in [0.3, 0.4) is 0 Å². The Bertz CT molecular complexity index is 470. The molecule has 2 N–H and O–H groups in total. The summed E-state index contributed by atoms with van der Waals surface area (Å²) in [6.07, 6.45) is 2.78. The molecule has 0 radical (unpaired) electrons. The first kappa shape index (κ1) is 14.5. The Hall–Kier alpha value is -0.860. The summed E-state index contributed by atoms with van der Waals surface area (Å²) in [4.78, 5) is 4.70. The van der Waals surface area contributed by atoms with E-state index in [4.69, 9.17) is 5.11 Å². The molecule has 2 rings (SSSR count). The fraction of sp³-hybridized carbons (Fsp3) is 0.600. The van der Waals surface area contributed by atoms with Crippen LogP contribution in [0.15, 0.2) is 12.1 Å². The Morgan fingerprint density at radius 3 is 3.00 bits per heavy atom. The molecule has 0 spiro atoms. The average Bonchev–Trinajstić information content (AvgIpc) is 2.73. The maximum Gasteiger partial charge on any atom is 0.104 e. The topological polar surface area (TPSA) is 43.7 Å². The van der Waals surface area contributed by atoms with Crippen molar-refractivity contribution in [2.75, 3.05) is 19.7 Å². The van der Waals surface area contributed by atoms with Crippen molar-refractivity contribution in [1.29, 1.82) is 0 Å². The van der Waals surface area contributed by atoms with E-state index in [0.717, 1.165) is 43.8 Å². The normalized spacial score (nSPS) is 24.6. The van der Waals surface area contributed by atoms with E-state index in [1.807, 2.05) is 13.0 Å². The van der Waals surface area contributed by atoms with E-state index in [1.54, 1.807) is 11.3 Å². The summed E-state index contributed by atoms with van der Waals surface area (Å²) in [5.41, 5.74) is -0.498. The number of hydrogen-bond acceptors (Lipinski definition) is 4. The van der Waals surface area contributed by atoms with E-state index in [-0.39, 0.29) is 6.61 Å². The highest BCUT2D eigenvalue weighted by Crippen LogP contribution is 2.24. The van der Waals surface area contributed by atoms with Gasteiger partial charge in [-0.25, -0.2) is 0 Å². The molecule has 1 aromatic heterocycles. The monoisotopic (exact) mass is 279 g/mol. The van der Waals surface area contributed by atoms with E-state index in [9.17, 15) is 5.11 Å². The summed E-state index contributed by atoms with van der Waals surface area (Å²) in [5.74, 6) is 5.61. The Morgan fingerprint density at radius 1 is 1.37 bits per heavy atom. The molecule has 1 aromatic rings. The quantitative estimate of drug-likeness (QED) is 0.812. The molecule has 1 atom stereocenters. The third-order valence-electron chi connectivity index (χ3n) is 3.49. The lowest BCUT2D eigenvalue weighted by Crippen LogP contribution is -2.27. The molecule has 1 aliphatic rings. The fourth-order valence-electron chi connectivity index (χ4n) is 2.35. The van der Waals surface area contributed by atoms with Crippen molar-refractivity contribution in [3.8, 4) is 11.8 Å². The van der Waals surface area contributed by atoms with Crippen LogP contribution in [0.25, 0.3) is 0 Å². The zero-order valence-corrected chi connectivity index (χ0v) is 12.2. The molecule has 3 nitrogen and oxygen atoms in total. The SMILES string of the molecule is C[C@]1(O)CCCN(Cc2ccc(C#CCO)s2)CC1. The third kappa shape index (κ3) is 4.63. The van der Waals surface area contributed by atoms with Gasteiger partial charge in [-0.1, -0.05) is 11.8 Å². The van der Waals surface area contributed by atoms with Gasteiger partial charge in [-0.15, -0.1) is 11.3 Å². The first-order valence-corrected chi connectivity index (χ1v) is 7.54. The Balaban J connectivity index is 1.92. The van der Waals surface area contributed by atoms with Crippen molar-refractivity contribution in [2.24, 2.45) is 0 Å². The fourth-order valence-corrected chi connectivity index (χ4v) is 3.28. The Morgan fingerprint density at radius 2 is 2.21 bits per heavy atom. The van der Waals surface area contributed by atoms with Crippen molar-refractivity contribution in [3.63, 3.8) is 0 Å². The highest BCUT2D eigenvalue weighted by Gasteiger charge is 2.24. The largest absolute Gasteiger partial charge is 0.390 e. The van der Waals surface area contributed by atoms with Gasteiger partial charge >= 0.3 is 0 Å². The molecule has 0 bridgehead atoms. The van der Waals surface area contributed by atoms with Crippen molar-refractivity contribution < 1.29 is 10.2 Å². The molecule has 0 aliphatic carbocycles. The molecule has 0 aromatic carbocycles. The Labute approximate surface area is 118 Å². The number of thiophene rings is 1. The predicted octanol–water partition coefficient (Wildman–Crippen LogP) is 1.83. The van der Waals surface area contributed by atoms with Crippen LogP contribution in [0.2, 0.25) is 0 Å². The van der Waals surface area contributed by atoms with Gasteiger partial charge in [-0.05, 0) is 44.9 Å². The number of aliphatic hydroxyl groups excluding tert-OH is 1. The molecule has 1 saturated heterocycles. The summed E-state index contributed by atoms with van der Waals surface area (Å²) in [5, 5.41) is 18.7. The van der Waals surface area contributed by atoms with E-state index < -0.39 is 5.60 Å². The van der Waals surface area contributed by atoms with E-state index >= 15 is 0 Å². The maximum atomic E-state index is 10.1. The average molecular weight is 279 g/mol. The molecule has 104 valence electrons. The minimum Gasteiger partial charge on any atom is -0.390 e. The summed E-state index contributed by atoms with van der Waals surface area (Å²) >= 11 is 1.68. The van der Waals surface area contributed by atoms with E-state index in [0.29, 0.717) is 0 Å². The first-order valence-electron chi connectivity index (χ1n) is 6.72. The summed E-state index contributed by atoms with van der Waals surface area (Å²) in [6.45, 7) is 4.77. The lowest BCUT2D eigenvalue weighted by molar-refractivity contribution is 0.0444. The van der Waals surface area contributed by atoms with Crippen molar-refractivity contribution in [3.05, 3.63) is 21.9 Å². The van der Waals surface area contributed by atoms with Gasteiger partial charge in [0.05, 0.1) is 10.5 Å². The second-order valence-electron chi connectivity index (χ2n) is 5.35. The van der Waals surface area contributed by atoms with Crippen molar-refractivity contribution in [1.82, 2.24) is 4.90 Å². The molecule has 4 heteroatoms. The van der Waals surface area contributed by atoms with Gasteiger partial charge in [-0.2, -0.15) is 0 Å². The zero-order valence-electron chi connectivity index (χ0n) is 11.4. The summed E-state index contributed by atoms with van der Waals surface area (Å²) in [6, 6.07) is 4.12. The van der Waals surface area contributed by atoms with Gasteiger partial charge < -0.3 is 10.2 Å². The van der Waals surface area contributed by atoms with E-state index in [1.165, 1.54) is 4.88 Å². The molecule has 2 heterocycles. The molecule has 0 amide bonds. The standard InChI is InChI=1S/C15H21NO2S/c1-15(18)7-3-9-16(10-8-15)12-14-6-5-13(19-14)4-2-11-17/h5-6,17-18H,3,7-12H2,1H3/t15-/m0/s1. The number of aliphatic hydroxyl groups is 2. The van der Waals surface area contributed by atoms with Crippen LogP contribution in [0, 0.1) is 11.8 Å². The van der Waals surface area contributed by atoms with Crippen LogP contribution >= 0.6 is 11.3 Å². The minimum absolute atomic E-state index is 0.0888. The first-order chi connectivity index (χ1) is 9.09. The molecule has 19 heavy (non-hydrogen) atoms. The summed E-state index contributed by atoms with van der Waals surface area (Å²) in [7, 11) is 0. The van der Waals surface area contributed by atoms with Gasteiger partial charge in [0.1, 0.15) is 6.61 Å². The lowest BCUT2D eigenvalue weighted by atomic mass is 9.98. The number of rotatable bonds is 2. The highest BCUT2D eigenvalue weighted by molar-refractivity contribution is 7.12. The third-order valence-corrected chi connectivity index (χ3v) is 4.47. The van der Waals surface area contributed by atoms with Crippen LogP contribution in [0.5, 0.6) is 0 Å². The molecule has 0 unspecified atom stereocenters. The molecule has 1 aliphatic heterocycles. The minimum atomic E-state index is -0.498. The van der Waals surface area contributed by atoms with Gasteiger partial charge in [0.25, 0.3) is 0 Å². The number of nitrogens with zero attached hydrogens (tertiary/aromatic N) is 1. The van der Waals surface area contributed by atoms with E-state index in [2.05, 4.69) is 22.8 Å². The van der Waals surface area contributed by atoms with Crippen LogP contribution < -0.4 is 0 Å². The van der Waals surface area contributed by atoms with Crippen LogP contribution in [0.1, 0.15) is 35.9 Å². The number of likely N-dealkylation sites (tertiary alicyclic amines) is 1. The molecular weight excluding hydrogens is 258 g/mol. The van der Waals surface area contributed by atoms with Crippen LogP contribution in [-0.2, 0) is 6.54 Å². The molecule has 1 fully saturated rings. The zero-order chi connectivity index (χ0) is 13.7. The predicted molar refractivity (Wildman–Crippen MR) is 78.0 cm³/mol. The Kier molecular flexibility index (Phi) is 5.00. The second-order valence-corrected chi connectivity index (χ2v) is 6.52. The number of hydrogen-bond donors (Lipinski definition) is 2. The van der Waals surface area contributed by atoms with Gasteiger partial charge in [0.15, 0.2) is 0 Å². The molecule has 0 saturated carbocycles. The molecular formula is C15H21NO2S. The smallest absolute Gasteiger partial charge is 0.104 e. The summed E-state index contributed by atoms with van der Waals surface area (Å²) < 4.78 is 0. The van der Waals surface area contributed by atoms with Crippen LogP contribution in [0.4, 0.5) is 0 Å². The van der Waals surface area contributed by atoms with Gasteiger partial charge in [0.2, 0.25) is 0 Å². The maximum absolute atomic E-state index is 10.1. The highest BCUT2D eigenvalue weighted by atomic mass is 32.1. The van der Waals surface area contributed by atoms with Crippen LogP contribution in [-0.4, -0.2) is 40.4 Å². The van der Waals surface area contributed by atoms with Gasteiger partial charge in [0, 0.05) is 18.0 Å². The van der Waals surface area contributed by atoms with Crippen molar-refractivity contribution in [2.45, 2.75) is 38.3 Å². The van der Waals surface area contributed by atoms with Crippen molar-refractivity contribution >= 4 is 11.3 Å². The second kappa shape index (κ2) is 6.53. The van der Waals surface area contributed by atoms with Gasteiger partial charge in [-0.3, -0.25) is 4.90 Å².